The number of ether oxygens (including phenoxy) is 1. The van der Waals surface area contributed by atoms with Gasteiger partial charge in [-0.1, -0.05) is 12.1 Å². The van der Waals surface area contributed by atoms with Crippen LogP contribution in [0.1, 0.15) is 31.2 Å². The summed E-state index contributed by atoms with van der Waals surface area (Å²) in [5.41, 5.74) is 3.32. The third-order valence-corrected chi connectivity index (χ3v) is 6.39. The number of benzene rings is 1. The maximum Gasteiger partial charge on any atom is 0.225 e. The van der Waals surface area contributed by atoms with Crippen LogP contribution in [-0.4, -0.2) is 65.1 Å². The van der Waals surface area contributed by atoms with Crippen molar-refractivity contribution in [1.82, 2.24) is 19.9 Å². The van der Waals surface area contributed by atoms with Crippen molar-refractivity contribution >= 4 is 28.3 Å². The van der Waals surface area contributed by atoms with Crippen LogP contribution in [0.15, 0.2) is 42.9 Å². The third kappa shape index (κ3) is 5.22. The van der Waals surface area contributed by atoms with Crippen molar-refractivity contribution in [2.45, 2.75) is 32.1 Å². The van der Waals surface area contributed by atoms with Crippen molar-refractivity contribution in [1.29, 1.82) is 0 Å². The number of hydrogen-bond donors (Lipinski definition) is 1. The van der Waals surface area contributed by atoms with Crippen molar-refractivity contribution in [2.75, 3.05) is 49.5 Å². The molecule has 1 amide bonds. The number of aromatic nitrogens is 3. The van der Waals surface area contributed by atoms with Crippen LogP contribution >= 0.6 is 0 Å². The van der Waals surface area contributed by atoms with Crippen LogP contribution in [0.4, 0.5) is 11.5 Å². The Bertz CT molecular complexity index is 1120. The summed E-state index contributed by atoms with van der Waals surface area (Å²) >= 11 is 0. The molecule has 0 spiro atoms. The summed E-state index contributed by atoms with van der Waals surface area (Å²) < 4.78 is 5.84. The number of nitrogens with one attached hydrogen (secondary N) is 1. The van der Waals surface area contributed by atoms with Crippen molar-refractivity contribution < 1.29 is 9.53 Å². The number of fused-ring (bicyclic) bond motifs is 2. The van der Waals surface area contributed by atoms with E-state index in [9.17, 15) is 4.79 Å². The van der Waals surface area contributed by atoms with Gasteiger partial charge in [0.25, 0.3) is 0 Å². The van der Waals surface area contributed by atoms with Gasteiger partial charge in [-0.15, -0.1) is 0 Å². The highest BCUT2D eigenvalue weighted by molar-refractivity contribution is 5.92. The molecule has 2 aliphatic rings. The van der Waals surface area contributed by atoms with Crippen molar-refractivity contribution in [3.05, 3.63) is 48.4 Å². The molecule has 8 nitrogen and oxygen atoms in total. The number of pyridine rings is 1. The minimum atomic E-state index is 0.0249. The quantitative estimate of drug-likeness (QED) is 0.558. The number of aryl methyl sites for hydroxylation is 1. The molecule has 2 aromatic heterocycles. The number of nitrogens with zero attached hydrogens (tertiary/aromatic N) is 5. The van der Waals surface area contributed by atoms with E-state index in [1.165, 1.54) is 5.69 Å². The minimum Gasteiger partial charge on any atom is -0.478 e. The molecule has 0 atom stereocenters. The minimum absolute atomic E-state index is 0.0249. The molecule has 5 rings (SSSR count). The highest BCUT2D eigenvalue weighted by Crippen LogP contribution is 2.26. The number of unbranched alkanes of at least 4 members (excludes halogenated alkanes) is 1. The first-order valence-electron chi connectivity index (χ1n) is 11.8. The van der Waals surface area contributed by atoms with Crippen molar-refractivity contribution in [3.63, 3.8) is 0 Å². The van der Waals surface area contributed by atoms with E-state index in [0.717, 1.165) is 74.9 Å². The molecule has 33 heavy (non-hydrogen) atoms. The van der Waals surface area contributed by atoms with Crippen molar-refractivity contribution in [3.8, 4) is 5.88 Å². The van der Waals surface area contributed by atoms with Crippen molar-refractivity contribution in [2.24, 2.45) is 0 Å². The van der Waals surface area contributed by atoms with Gasteiger partial charge in [-0.25, -0.2) is 9.97 Å². The number of carbonyl (C=O) groups excluding carboxylic acids is 1. The van der Waals surface area contributed by atoms with Gasteiger partial charge in [-0.2, -0.15) is 4.98 Å². The van der Waals surface area contributed by atoms with E-state index in [1.54, 1.807) is 6.33 Å². The maximum absolute atomic E-state index is 11.6. The standard InChI is InChI=1S/C25H30N6O2/c32-22-9-7-19-8-10-23(29-25(19)28-22)33-16-2-1-11-30-12-4-13-31(15-14-30)21-6-3-5-20-17-26-18-27-24(20)21/h3,5-6,8,10,17-18H,1-2,4,7,9,11-16H2,(H,28,29,32). The summed E-state index contributed by atoms with van der Waals surface area (Å²) in [6.45, 7) is 5.92. The zero-order valence-electron chi connectivity index (χ0n) is 18.9. The molecule has 0 saturated carbocycles. The average Bonchev–Trinajstić information content (AvgIpc) is 3.09. The van der Waals surface area contributed by atoms with Gasteiger partial charge in [-0.3, -0.25) is 4.79 Å². The molecule has 3 aromatic rings. The fraction of sp³-hybridized carbons (Fsp3) is 0.440. The molecule has 8 heteroatoms. The predicted octanol–water partition coefficient (Wildman–Crippen LogP) is 3.28. The van der Waals surface area contributed by atoms with E-state index >= 15 is 0 Å². The molecular formula is C25H30N6O2. The first-order valence-corrected chi connectivity index (χ1v) is 11.8. The van der Waals surface area contributed by atoms with E-state index in [1.807, 2.05) is 18.3 Å². The first-order chi connectivity index (χ1) is 16.3. The number of carbonyl (C=O) groups is 1. The second-order valence-electron chi connectivity index (χ2n) is 8.68. The fourth-order valence-corrected chi connectivity index (χ4v) is 4.61. The SMILES string of the molecule is O=C1CCc2ccc(OCCCCN3CCCN(c4cccc5cncnc45)CC3)nc2N1. The largest absolute Gasteiger partial charge is 0.478 e. The van der Waals surface area contributed by atoms with Gasteiger partial charge in [0.2, 0.25) is 11.8 Å². The number of hydrogen-bond acceptors (Lipinski definition) is 7. The van der Waals surface area contributed by atoms with Crippen LogP contribution in [0, 0.1) is 0 Å². The Balaban J connectivity index is 1.07. The lowest BCUT2D eigenvalue weighted by Crippen LogP contribution is -2.31. The lowest BCUT2D eigenvalue weighted by Gasteiger charge is -2.24. The van der Waals surface area contributed by atoms with Gasteiger partial charge in [0.15, 0.2) is 0 Å². The van der Waals surface area contributed by atoms with E-state index in [4.69, 9.17) is 4.74 Å². The van der Waals surface area contributed by atoms with E-state index in [0.29, 0.717) is 24.7 Å². The summed E-state index contributed by atoms with van der Waals surface area (Å²) in [5.74, 6) is 1.26. The molecular weight excluding hydrogens is 416 g/mol. The van der Waals surface area contributed by atoms with Gasteiger partial charge in [0.05, 0.1) is 17.8 Å². The van der Waals surface area contributed by atoms with Gasteiger partial charge >= 0.3 is 0 Å². The molecule has 172 valence electrons. The summed E-state index contributed by atoms with van der Waals surface area (Å²) in [7, 11) is 0. The zero-order chi connectivity index (χ0) is 22.5. The Hall–Kier alpha value is -3.26. The number of amides is 1. The molecule has 4 heterocycles. The second kappa shape index (κ2) is 10.1. The molecule has 2 aliphatic heterocycles. The normalized spacial score (nSPS) is 16.8. The lowest BCUT2D eigenvalue weighted by atomic mass is 10.1. The lowest BCUT2D eigenvalue weighted by molar-refractivity contribution is -0.116. The van der Waals surface area contributed by atoms with Gasteiger partial charge < -0.3 is 19.9 Å². The van der Waals surface area contributed by atoms with Gasteiger partial charge in [-0.05, 0) is 56.5 Å². The summed E-state index contributed by atoms with van der Waals surface area (Å²) in [6, 6.07) is 10.2. The Kier molecular flexibility index (Phi) is 6.62. The Morgan fingerprint density at radius 2 is 2.00 bits per heavy atom. The topological polar surface area (TPSA) is 83.5 Å². The zero-order valence-corrected chi connectivity index (χ0v) is 18.9. The fourth-order valence-electron chi connectivity index (χ4n) is 4.61. The molecule has 0 bridgehead atoms. The number of para-hydroxylation sites is 1. The Morgan fingerprint density at radius 3 is 2.97 bits per heavy atom. The molecule has 0 aliphatic carbocycles. The van der Waals surface area contributed by atoms with Crippen LogP contribution in [0.5, 0.6) is 5.88 Å². The third-order valence-electron chi connectivity index (χ3n) is 6.39. The predicted molar refractivity (Wildman–Crippen MR) is 129 cm³/mol. The van der Waals surface area contributed by atoms with E-state index in [-0.39, 0.29) is 5.91 Å². The molecule has 1 saturated heterocycles. The van der Waals surface area contributed by atoms with Gasteiger partial charge in [0.1, 0.15) is 12.1 Å². The smallest absolute Gasteiger partial charge is 0.225 e. The van der Waals surface area contributed by atoms with Gasteiger partial charge in [0, 0.05) is 43.7 Å². The molecule has 0 radical (unpaired) electrons. The van der Waals surface area contributed by atoms with E-state index < -0.39 is 0 Å². The Morgan fingerprint density at radius 1 is 1.03 bits per heavy atom. The number of rotatable bonds is 7. The summed E-state index contributed by atoms with van der Waals surface area (Å²) in [4.78, 5) is 29.7. The maximum atomic E-state index is 11.6. The second-order valence-corrected chi connectivity index (χ2v) is 8.68. The van der Waals surface area contributed by atoms with Crippen LogP contribution in [-0.2, 0) is 11.2 Å². The van der Waals surface area contributed by atoms with Crippen LogP contribution in [0.2, 0.25) is 0 Å². The average molecular weight is 447 g/mol. The highest BCUT2D eigenvalue weighted by Gasteiger charge is 2.18. The molecule has 1 N–H and O–H groups in total. The summed E-state index contributed by atoms with van der Waals surface area (Å²) in [6.07, 6.45) is 7.99. The highest BCUT2D eigenvalue weighted by atomic mass is 16.5. The molecule has 0 unspecified atom stereocenters. The molecule has 1 aromatic carbocycles. The number of anilines is 2. The monoisotopic (exact) mass is 446 g/mol. The van der Waals surface area contributed by atoms with Crippen LogP contribution < -0.4 is 15.0 Å². The van der Waals surface area contributed by atoms with Crippen LogP contribution in [0.3, 0.4) is 0 Å². The Labute approximate surface area is 194 Å². The van der Waals surface area contributed by atoms with Crippen LogP contribution in [0.25, 0.3) is 10.9 Å². The van der Waals surface area contributed by atoms with E-state index in [2.05, 4.69) is 48.3 Å². The molecule has 1 fully saturated rings. The summed E-state index contributed by atoms with van der Waals surface area (Å²) in [5, 5.41) is 3.92. The first kappa shape index (κ1) is 21.6.